The Kier molecular flexibility index (Phi) is 4.60. The molecule has 2 heterocycles. The van der Waals surface area contributed by atoms with Crippen molar-refractivity contribution in [2.75, 3.05) is 0 Å². The number of halogens is 1. The van der Waals surface area contributed by atoms with E-state index < -0.39 is 0 Å². The van der Waals surface area contributed by atoms with E-state index in [2.05, 4.69) is 10.5 Å². The van der Waals surface area contributed by atoms with Crippen LogP contribution in [0.25, 0.3) is 5.69 Å². The van der Waals surface area contributed by atoms with Crippen molar-refractivity contribution in [3.63, 3.8) is 0 Å². The van der Waals surface area contributed by atoms with E-state index >= 15 is 0 Å². The maximum Gasteiger partial charge on any atom is 0.273 e. The molecule has 6 heteroatoms. The first-order valence-corrected chi connectivity index (χ1v) is 8.17. The minimum absolute atomic E-state index is 0.253. The van der Waals surface area contributed by atoms with E-state index in [-0.39, 0.29) is 5.91 Å². The predicted octanol–water partition coefficient (Wildman–Crippen LogP) is 4.35. The molecular weight excluding hydrogens is 330 g/mol. The molecule has 0 spiro atoms. The lowest BCUT2D eigenvalue weighted by molar-refractivity contribution is 0.0955. The second-order valence-corrected chi connectivity index (χ2v) is 6.56. The van der Waals surface area contributed by atoms with Gasteiger partial charge in [-0.05, 0) is 43.3 Å². The van der Waals surface area contributed by atoms with Gasteiger partial charge in [0.2, 0.25) is 0 Å². The molecule has 0 radical (unpaired) electrons. The third-order valence-electron chi connectivity index (χ3n) is 3.29. The Morgan fingerprint density at radius 3 is 2.57 bits per heavy atom. The molecule has 23 heavy (non-hydrogen) atoms. The highest BCUT2D eigenvalue weighted by molar-refractivity contribution is 7.18. The molecule has 0 fully saturated rings. The summed E-state index contributed by atoms with van der Waals surface area (Å²) in [4.78, 5) is 13.4. The van der Waals surface area contributed by atoms with Gasteiger partial charge in [0, 0.05) is 12.4 Å². The average Bonchev–Trinajstić information content (AvgIpc) is 3.24. The normalized spacial score (nSPS) is 11.5. The summed E-state index contributed by atoms with van der Waals surface area (Å²) in [6, 6.07) is 14.9. The van der Waals surface area contributed by atoms with Gasteiger partial charge in [-0.1, -0.05) is 23.7 Å². The Bertz CT molecular complexity index is 852. The van der Waals surface area contributed by atoms with E-state index in [4.69, 9.17) is 11.6 Å². The number of para-hydroxylation sites is 1. The van der Waals surface area contributed by atoms with Crippen LogP contribution in [0, 0.1) is 0 Å². The maximum atomic E-state index is 12.4. The molecule has 2 aromatic heterocycles. The quantitative estimate of drug-likeness (QED) is 0.555. The molecule has 4 nitrogen and oxygen atoms in total. The van der Waals surface area contributed by atoms with E-state index in [0.29, 0.717) is 15.6 Å². The van der Waals surface area contributed by atoms with Crippen LogP contribution in [-0.4, -0.2) is 16.2 Å². The SMILES string of the molecule is C/C(=N\NC(=O)c1ccccc1-n1cccc1)c1ccc(Cl)s1. The summed E-state index contributed by atoms with van der Waals surface area (Å²) in [5.74, 6) is -0.253. The highest BCUT2D eigenvalue weighted by Gasteiger charge is 2.11. The molecule has 0 aliphatic rings. The lowest BCUT2D eigenvalue weighted by atomic mass is 10.1. The number of hydrogen-bond acceptors (Lipinski definition) is 3. The average molecular weight is 344 g/mol. The van der Waals surface area contributed by atoms with Crippen LogP contribution in [0.1, 0.15) is 22.2 Å². The molecule has 1 amide bonds. The van der Waals surface area contributed by atoms with Gasteiger partial charge < -0.3 is 4.57 Å². The standard InChI is InChI=1S/C17H14ClN3OS/c1-12(15-8-9-16(18)23-15)19-20-17(22)13-6-2-3-7-14(13)21-10-4-5-11-21/h2-11H,1H3,(H,20,22)/b19-12+. The topological polar surface area (TPSA) is 46.4 Å². The third kappa shape index (κ3) is 3.52. The molecule has 0 saturated heterocycles. The first kappa shape index (κ1) is 15.5. The smallest absolute Gasteiger partial charge is 0.273 e. The summed E-state index contributed by atoms with van der Waals surface area (Å²) in [5, 5.41) is 4.17. The van der Waals surface area contributed by atoms with E-state index in [9.17, 15) is 4.79 Å². The number of nitrogens with one attached hydrogen (secondary N) is 1. The van der Waals surface area contributed by atoms with Crippen molar-refractivity contribution in [3.05, 3.63) is 75.7 Å². The molecule has 3 rings (SSSR count). The Morgan fingerprint density at radius 1 is 1.13 bits per heavy atom. The van der Waals surface area contributed by atoms with Crippen LogP contribution in [0.2, 0.25) is 4.34 Å². The largest absolute Gasteiger partial charge is 0.323 e. The lowest BCUT2D eigenvalue weighted by Gasteiger charge is -2.09. The molecule has 116 valence electrons. The number of carbonyl (C=O) groups is 1. The van der Waals surface area contributed by atoms with E-state index in [1.807, 2.05) is 66.3 Å². The van der Waals surface area contributed by atoms with Crippen molar-refractivity contribution in [2.24, 2.45) is 5.10 Å². The van der Waals surface area contributed by atoms with E-state index in [0.717, 1.165) is 10.6 Å². The molecule has 1 N–H and O–H groups in total. The molecule has 0 bridgehead atoms. The summed E-state index contributed by atoms with van der Waals surface area (Å²) >= 11 is 7.34. The molecule has 0 aliphatic heterocycles. The van der Waals surface area contributed by atoms with Crippen molar-refractivity contribution in [3.8, 4) is 5.69 Å². The summed E-state index contributed by atoms with van der Waals surface area (Å²) in [7, 11) is 0. The number of aromatic nitrogens is 1. The molecule has 0 saturated carbocycles. The fourth-order valence-corrected chi connectivity index (χ4v) is 3.13. The molecular formula is C17H14ClN3OS. The van der Waals surface area contributed by atoms with Crippen LogP contribution in [0.3, 0.4) is 0 Å². The van der Waals surface area contributed by atoms with Gasteiger partial charge in [0.05, 0.1) is 26.2 Å². The minimum atomic E-state index is -0.253. The zero-order chi connectivity index (χ0) is 16.2. The van der Waals surface area contributed by atoms with Gasteiger partial charge in [-0.25, -0.2) is 5.43 Å². The number of rotatable bonds is 4. The maximum absolute atomic E-state index is 12.4. The van der Waals surface area contributed by atoms with Gasteiger partial charge in [0.1, 0.15) is 0 Å². The van der Waals surface area contributed by atoms with Crippen molar-refractivity contribution in [1.29, 1.82) is 0 Å². The number of thiophene rings is 1. The van der Waals surface area contributed by atoms with Crippen LogP contribution in [0.15, 0.2) is 66.0 Å². The first-order chi connectivity index (χ1) is 11.1. The van der Waals surface area contributed by atoms with Crippen LogP contribution in [0.5, 0.6) is 0 Å². The van der Waals surface area contributed by atoms with Crippen molar-refractivity contribution in [2.45, 2.75) is 6.92 Å². The third-order valence-corrected chi connectivity index (χ3v) is 4.63. The molecule has 3 aromatic rings. The summed E-state index contributed by atoms with van der Waals surface area (Å²) in [6.07, 6.45) is 3.79. The second kappa shape index (κ2) is 6.81. The number of amides is 1. The lowest BCUT2D eigenvalue weighted by Crippen LogP contribution is -2.20. The summed E-state index contributed by atoms with van der Waals surface area (Å²) in [6.45, 7) is 1.83. The van der Waals surface area contributed by atoms with Crippen molar-refractivity contribution >= 4 is 34.6 Å². The van der Waals surface area contributed by atoms with E-state index in [1.165, 1.54) is 11.3 Å². The zero-order valence-corrected chi connectivity index (χ0v) is 13.9. The van der Waals surface area contributed by atoms with Crippen LogP contribution in [0.4, 0.5) is 0 Å². The molecule has 0 unspecified atom stereocenters. The Hall–Kier alpha value is -2.37. The predicted molar refractivity (Wildman–Crippen MR) is 94.8 cm³/mol. The highest BCUT2D eigenvalue weighted by atomic mass is 35.5. The monoisotopic (exact) mass is 343 g/mol. The van der Waals surface area contributed by atoms with Crippen LogP contribution >= 0.6 is 22.9 Å². The Morgan fingerprint density at radius 2 is 1.87 bits per heavy atom. The van der Waals surface area contributed by atoms with Gasteiger partial charge >= 0.3 is 0 Å². The summed E-state index contributed by atoms with van der Waals surface area (Å²) in [5.41, 5.74) is 4.69. The van der Waals surface area contributed by atoms with Gasteiger partial charge in [0.25, 0.3) is 5.91 Å². The number of benzene rings is 1. The van der Waals surface area contributed by atoms with Crippen LogP contribution < -0.4 is 5.43 Å². The second-order valence-electron chi connectivity index (χ2n) is 4.85. The zero-order valence-electron chi connectivity index (χ0n) is 12.4. The number of hydrogen-bond donors (Lipinski definition) is 1. The molecule has 0 aliphatic carbocycles. The van der Waals surface area contributed by atoms with Crippen molar-refractivity contribution in [1.82, 2.24) is 9.99 Å². The number of nitrogens with zero attached hydrogens (tertiary/aromatic N) is 2. The number of carbonyl (C=O) groups excluding carboxylic acids is 1. The molecule has 0 atom stereocenters. The fraction of sp³-hybridized carbons (Fsp3) is 0.0588. The van der Waals surface area contributed by atoms with Gasteiger partial charge in [-0.2, -0.15) is 5.10 Å². The van der Waals surface area contributed by atoms with E-state index in [1.54, 1.807) is 6.07 Å². The van der Waals surface area contributed by atoms with Crippen molar-refractivity contribution < 1.29 is 4.79 Å². The number of hydrazone groups is 1. The Labute approximate surface area is 143 Å². The summed E-state index contributed by atoms with van der Waals surface area (Å²) < 4.78 is 2.59. The fourth-order valence-electron chi connectivity index (χ4n) is 2.14. The minimum Gasteiger partial charge on any atom is -0.323 e. The first-order valence-electron chi connectivity index (χ1n) is 6.98. The van der Waals surface area contributed by atoms with Gasteiger partial charge in [-0.3, -0.25) is 4.79 Å². The highest BCUT2D eigenvalue weighted by Crippen LogP contribution is 2.22. The molecule has 1 aromatic carbocycles. The van der Waals surface area contributed by atoms with Gasteiger partial charge in [0.15, 0.2) is 0 Å². The van der Waals surface area contributed by atoms with Crippen LogP contribution in [-0.2, 0) is 0 Å². The Balaban J connectivity index is 1.82. The van der Waals surface area contributed by atoms with Gasteiger partial charge in [-0.15, -0.1) is 11.3 Å².